The Balaban J connectivity index is 2.04. The van der Waals surface area contributed by atoms with Crippen LogP contribution >= 0.6 is 0 Å². The average molecular weight is 282 g/mol. The van der Waals surface area contributed by atoms with Crippen LogP contribution in [0.15, 0.2) is 35.0 Å². The molecule has 6 heteroatoms. The maximum absolute atomic E-state index is 13.1. The highest BCUT2D eigenvalue weighted by atomic mass is 19.1. The Hall–Kier alpha value is -2.94. The second kappa shape index (κ2) is 4.87. The second-order valence-corrected chi connectivity index (χ2v) is 4.72. The molecule has 0 fully saturated rings. The van der Waals surface area contributed by atoms with Gasteiger partial charge in [0.15, 0.2) is 0 Å². The van der Waals surface area contributed by atoms with E-state index in [1.807, 2.05) is 0 Å². The average Bonchev–Trinajstić information content (AvgIpc) is 3.05. The first kappa shape index (κ1) is 13.1. The van der Waals surface area contributed by atoms with E-state index in [4.69, 9.17) is 9.78 Å². The smallest absolute Gasteiger partial charge is 0.274 e. The van der Waals surface area contributed by atoms with Gasteiger partial charge in [-0.2, -0.15) is 10.2 Å². The summed E-state index contributed by atoms with van der Waals surface area (Å²) in [4.78, 5) is 4.32. The van der Waals surface area contributed by atoms with Gasteiger partial charge in [-0.15, -0.1) is 0 Å². The molecule has 0 bridgehead atoms. The van der Waals surface area contributed by atoms with Gasteiger partial charge in [0.1, 0.15) is 17.6 Å². The summed E-state index contributed by atoms with van der Waals surface area (Å²) in [5.41, 5.74) is 2.61. The molecule has 0 spiro atoms. The molecule has 3 rings (SSSR count). The summed E-state index contributed by atoms with van der Waals surface area (Å²) in [5, 5.41) is 12.8. The standard InChI is InChI=1S/C15H11FN4O/c1-9-5-11(16)3-4-12(9)14-18-15(21-19-14)13-6-10(7-17)8-20(13)2/h3-6,8H,1-2H3. The monoisotopic (exact) mass is 282 g/mol. The van der Waals surface area contributed by atoms with Gasteiger partial charge in [0.25, 0.3) is 5.89 Å². The maximum atomic E-state index is 13.1. The summed E-state index contributed by atoms with van der Waals surface area (Å²) in [6.07, 6.45) is 1.68. The van der Waals surface area contributed by atoms with Gasteiger partial charge in [0, 0.05) is 18.8 Å². The molecule has 21 heavy (non-hydrogen) atoms. The molecule has 0 saturated carbocycles. The van der Waals surface area contributed by atoms with Crippen LogP contribution in [0.25, 0.3) is 23.0 Å². The minimum absolute atomic E-state index is 0.305. The van der Waals surface area contributed by atoms with Gasteiger partial charge in [0.2, 0.25) is 5.82 Å². The van der Waals surface area contributed by atoms with Crippen molar-refractivity contribution in [3.05, 3.63) is 47.4 Å². The van der Waals surface area contributed by atoms with Gasteiger partial charge in [0.05, 0.1) is 5.56 Å². The Morgan fingerprint density at radius 1 is 1.33 bits per heavy atom. The normalized spacial score (nSPS) is 10.6. The minimum atomic E-state index is -0.305. The highest BCUT2D eigenvalue weighted by Crippen LogP contribution is 2.25. The van der Waals surface area contributed by atoms with Crippen molar-refractivity contribution < 1.29 is 8.91 Å². The molecule has 0 N–H and O–H groups in total. The van der Waals surface area contributed by atoms with Crippen LogP contribution < -0.4 is 0 Å². The number of rotatable bonds is 2. The predicted molar refractivity (Wildman–Crippen MR) is 73.6 cm³/mol. The third-order valence-corrected chi connectivity index (χ3v) is 3.21. The van der Waals surface area contributed by atoms with E-state index in [-0.39, 0.29) is 5.82 Å². The van der Waals surface area contributed by atoms with Gasteiger partial charge in [-0.25, -0.2) is 4.39 Å². The summed E-state index contributed by atoms with van der Waals surface area (Å²) in [7, 11) is 1.79. The Kier molecular flexibility index (Phi) is 3.03. The molecule has 0 radical (unpaired) electrons. The molecular formula is C15H11FN4O. The number of benzene rings is 1. The van der Waals surface area contributed by atoms with Crippen molar-refractivity contribution in [1.82, 2.24) is 14.7 Å². The van der Waals surface area contributed by atoms with Gasteiger partial charge in [-0.05, 0) is 36.8 Å². The summed E-state index contributed by atoms with van der Waals surface area (Å²) >= 11 is 0. The molecule has 0 aliphatic heterocycles. The number of hydrogen-bond acceptors (Lipinski definition) is 4. The Bertz CT molecular complexity index is 857. The highest BCUT2D eigenvalue weighted by Gasteiger charge is 2.15. The first-order valence-corrected chi connectivity index (χ1v) is 6.25. The number of halogens is 1. The van der Waals surface area contributed by atoms with Crippen molar-refractivity contribution in [3.63, 3.8) is 0 Å². The predicted octanol–water partition coefficient (Wildman–Crippen LogP) is 3.06. The fourth-order valence-corrected chi connectivity index (χ4v) is 2.15. The third kappa shape index (κ3) is 2.30. The molecule has 0 saturated heterocycles. The van der Waals surface area contributed by atoms with Crippen molar-refractivity contribution in [2.24, 2.45) is 7.05 Å². The third-order valence-electron chi connectivity index (χ3n) is 3.21. The van der Waals surface area contributed by atoms with Crippen molar-refractivity contribution in [1.29, 1.82) is 5.26 Å². The summed E-state index contributed by atoms with van der Waals surface area (Å²) in [6, 6.07) is 8.13. The van der Waals surface area contributed by atoms with Gasteiger partial charge in [-0.1, -0.05) is 5.16 Å². The van der Waals surface area contributed by atoms with Crippen molar-refractivity contribution in [2.45, 2.75) is 6.92 Å². The van der Waals surface area contributed by atoms with E-state index >= 15 is 0 Å². The number of aromatic nitrogens is 3. The van der Waals surface area contributed by atoms with Crippen LogP contribution in [0.1, 0.15) is 11.1 Å². The molecule has 5 nitrogen and oxygen atoms in total. The lowest BCUT2D eigenvalue weighted by Crippen LogP contribution is -1.90. The second-order valence-electron chi connectivity index (χ2n) is 4.72. The molecule has 0 amide bonds. The van der Waals surface area contributed by atoms with E-state index < -0.39 is 0 Å². The Morgan fingerprint density at radius 2 is 2.14 bits per heavy atom. The van der Waals surface area contributed by atoms with Crippen LogP contribution in [0.4, 0.5) is 4.39 Å². The summed E-state index contributed by atoms with van der Waals surface area (Å²) < 4.78 is 20.1. The zero-order valence-electron chi connectivity index (χ0n) is 11.5. The van der Waals surface area contributed by atoms with E-state index in [1.165, 1.54) is 12.1 Å². The van der Waals surface area contributed by atoms with Gasteiger partial charge < -0.3 is 9.09 Å². The Morgan fingerprint density at radius 3 is 2.81 bits per heavy atom. The van der Waals surface area contributed by atoms with Gasteiger partial charge in [-0.3, -0.25) is 0 Å². The molecule has 0 unspecified atom stereocenters. The largest absolute Gasteiger partial charge is 0.345 e. The number of nitrogens with zero attached hydrogens (tertiary/aromatic N) is 4. The topological polar surface area (TPSA) is 67.6 Å². The molecular weight excluding hydrogens is 271 g/mol. The quantitative estimate of drug-likeness (QED) is 0.724. The van der Waals surface area contributed by atoms with Crippen molar-refractivity contribution >= 4 is 0 Å². The minimum Gasteiger partial charge on any atom is -0.345 e. The lowest BCUT2D eigenvalue weighted by atomic mass is 10.1. The van der Waals surface area contributed by atoms with Crippen LogP contribution in [0, 0.1) is 24.1 Å². The van der Waals surface area contributed by atoms with E-state index in [1.54, 1.807) is 36.9 Å². The molecule has 0 aliphatic carbocycles. The SMILES string of the molecule is Cc1cc(F)ccc1-c1noc(-c2cc(C#N)cn2C)n1. The first-order valence-electron chi connectivity index (χ1n) is 6.25. The Labute approximate surface area is 120 Å². The summed E-state index contributed by atoms with van der Waals surface area (Å²) in [6.45, 7) is 1.78. The first-order chi connectivity index (χ1) is 10.1. The van der Waals surface area contributed by atoms with Crippen LogP contribution in [0.3, 0.4) is 0 Å². The van der Waals surface area contributed by atoms with Crippen molar-refractivity contribution in [3.8, 4) is 29.0 Å². The van der Waals surface area contributed by atoms with Crippen molar-refractivity contribution in [2.75, 3.05) is 0 Å². The molecule has 2 aromatic heterocycles. The van der Waals surface area contributed by atoms with E-state index in [0.717, 1.165) is 5.56 Å². The molecule has 1 aromatic carbocycles. The van der Waals surface area contributed by atoms with Crippen LogP contribution in [0.5, 0.6) is 0 Å². The number of aryl methyl sites for hydroxylation is 2. The van der Waals surface area contributed by atoms with E-state index in [9.17, 15) is 4.39 Å². The maximum Gasteiger partial charge on any atom is 0.274 e. The highest BCUT2D eigenvalue weighted by molar-refractivity contribution is 5.62. The van der Waals surface area contributed by atoms with E-state index in [0.29, 0.717) is 28.5 Å². The fourth-order valence-electron chi connectivity index (χ4n) is 2.15. The van der Waals surface area contributed by atoms with Gasteiger partial charge >= 0.3 is 0 Å². The van der Waals surface area contributed by atoms with E-state index in [2.05, 4.69) is 16.2 Å². The molecule has 0 aliphatic rings. The number of nitriles is 1. The van der Waals surface area contributed by atoms with Crippen LogP contribution in [-0.4, -0.2) is 14.7 Å². The molecule has 0 atom stereocenters. The molecule has 3 aromatic rings. The lowest BCUT2D eigenvalue weighted by Gasteiger charge is -1.99. The zero-order chi connectivity index (χ0) is 15.0. The molecule has 2 heterocycles. The molecule has 104 valence electrons. The number of hydrogen-bond donors (Lipinski definition) is 0. The lowest BCUT2D eigenvalue weighted by molar-refractivity contribution is 0.429. The zero-order valence-corrected chi connectivity index (χ0v) is 11.5. The fraction of sp³-hybridized carbons (Fsp3) is 0.133. The van der Waals surface area contributed by atoms with Crippen LogP contribution in [0.2, 0.25) is 0 Å². The van der Waals surface area contributed by atoms with Crippen LogP contribution in [-0.2, 0) is 7.05 Å². The summed E-state index contributed by atoms with van der Waals surface area (Å²) in [5.74, 6) is 0.404.